The Bertz CT molecular complexity index is 972. The molecule has 0 aliphatic rings. The lowest BCUT2D eigenvalue weighted by atomic mass is 10.2. The van der Waals surface area contributed by atoms with Crippen molar-refractivity contribution in [3.63, 3.8) is 0 Å². The standard InChI is InChI=1S/C20H14Cl2N2O3/c1-26-16-7-2-13(3-8-16)20(25)27-17-9-4-14(5-10-17)23-24-15-6-11-18(21)19(22)12-15/h2-12H,1H3. The minimum Gasteiger partial charge on any atom is -0.497 e. The van der Waals surface area contributed by atoms with E-state index in [1.165, 1.54) is 0 Å². The third-order valence-corrected chi connectivity index (χ3v) is 4.30. The summed E-state index contributed by atoms with van der Waals surface area (Å²) in [7, 11) is 1.56. The molecule has 0 saturated carbocycles. The van der Waals surface area contributed by atoms with E-state index in [1.807, 2.05) is 0 Å². The Balaban J connectivity index is 1.64. The number of esters is 1. The van der Waals surface area contributed by atoms with Crippen LogP contribution in [0.5, 0.6) is 11.5 Å². The fraction of sp³-hybridized carbons (Fsp3) is 0.0500. The van der Waals surface area contributed by atoms with Crippen molar-refractivity contribution in [3.05, 3.63) is 82.3 Å². The van der Waals surface area contributed by atoms with Crippen LogP contribution >= 0.6 is 23.2 Å². The van der Waals surface area contributed by atoms with E-state index >= 15 is 0 Å². The molecule has 0 aromatic heterocycles. The zero-order chi connectivity index (χ0) is 19.2. The normalized spacial score (nSPS) is 10.8. The van der Waals surface area contributed by atoms with Crippen molar-refractivity contribution in [3.8, 4) is 11.5 Å². The number of carbonyl (C=O) groups excluding carboxylic acids is 1. The Kier molecular flexibility index (Phi) is 6.06. The van der Waals surface area contributed by atoms with E-state index in [2.05, 4.69) is 10.2 Å². The third-order valence-electron chi connectivity index (χ3n) is 3.56. The van der Waals surface area contributed by atoms with Crippen LogP contribution in [0.1, 0.15) is 10.4 Å². The number of halogens is 2. The summed E-state index contributed by atoms with van der Waals surface area (Å²) < 4.78 is 10.4. The van der Waals surface area contributed by atoms with Crippen LogP contribution < -0.4 is 9.47 Å². The first kappa shape index (κ1) is 18.9. The molecule has 0 unspecified atom stereocenters. The van der Waals surface area contributed by atoms with E-state index in [4.69, 9.17) is 32.7 Å². The molecule has 3 aromatic carbocycles. The first-order valence-electron chi connectivity index (χ1n) is 7.88. The van der Waals surface area contributed by atoms with Crippen LogP contribution in [0.3, 0.4) is 0 Å². The number of azo groups is 1. The minimum absolute atomic E-state index is 0.407. The van der Waals surface area contributed by atoms with Gasteiger partial charge in [0.2, 0.25) is 0 Å². The Hall–Kier alpha value is -2.89. The summed E-state index contributed by atoms with van der Waals surface area (Å²) in [5.41, 5.74) is 1.61. The van der Waals surface area contributed by atoms with Gasteiger partial charge in [0.05, 0.1) is 34.1 Å². The molecule has 0 N–H and O–H groups in total. The second kappa shape index (κ2) is 8.66. The van der Waals surface area contributed by atoms with Crippen LogP contribution in [-0.4, -0.2) is 13.1 Å². The quantitative estimate of drug-likeness (QED) is 0.274. The van der Waals surface area contributed by atoms with Gasteiger partial charge in [0.15, 0.2) is 0 Å². The summed E-state index contributed by atoms with van der Waals surface area (Å²) in [5.74, 6) is 0.621. The molecule has 27 heavy (non-hydrogen) atoms. The van der Waals surface area contributed by atoms with Gasteiger partial charge in [-0.3, -0.25) is 0 Å². The summed E-state index contributed by atoms with van der Waals surface area (Å²) in [6.07, 6.45) is 0. The summed E-state index contributed by atoms with van der Waals surface area (Å²) in [4.78, 5) is 12.1. The largest absolute Gasteiger partial charge is 0.497 e. The van der Waals surface area contributed by atoms with Gasteiger partial charge in [-0.15, -0.1) is 0 Å². The molecule has 0 atom stereocenters. The first-order valence-corrected chi connectivity index (χ1v) is 8.64. The van der Waals surface area contributed by atoms with E-state index in [0.29, 0.717) is 38.5 Å². The van der Waals surface area contributed by atoms with E-state index in [1.54, 1.807) is 73.8 Å². The van der Waals surface area contributed by atoms with Crippen molar-refractivity contribution in [2.24, 2.45) is 10.2 Å². The highest BCUT2D eigenvalue weighted by atomic mass is 35.5. The molecular formula is C20H14Cl2N2O3. The Morgan fingerprint density at radius 3 is 2.00 bits per heavy atom. The smallest absolute Gasteiger partial charge is 0.343 e. The van der Waals surface area contributed by atoms with Crippen LogP contribution in [-0.2, 0) is 0 Å². The molecule has 0 bridgehead atoms. The van der Waals surface area contributed by atoms with Crippen LogP contribution in [0.2, 0.25) is 10.0 Å². The second-order valence-electron chi connectivity index (χ2n) is 5.41. The fourth-order valence-corrected chi connectivity index (χ4v) is 2.43. The third kappa shape index (κ3) is 5.06. The molecule has 7 heteroatoms. The fourth-order valence-electron chi connectivity index (χ4n) is 2.14. The van der Waals surface area contributed by atoms with Gasteiger partial charge < -0.3 is 9.47 Å². The number of carbonyl (C=O) groups is 1. The number of benzene rings is 3. The molecular weight excluding hydrogens is 387 g/mol. The molecule has 0 spiro atoms. The second-order valence-corrected chi connectivity index (χ2v) is 6.22. The Morgan fingerprint density at radius 1 is 0.778 bits per heavy atom. The summed E-state index contributed by atoms with van der Waals surface area (Å²) in [5, 5.41) is 9.08. The molecule has 0 amide bonds. The zero-order valence-electron chi connectivity index (χ0n) is 14.2. The highest BCUT2D eigenvalue weighted by molar-refractivity contribution is 6.42. The molecule has 0 aliphatic carbocycles. The predicted molar refractivity (Wildman–Crippen MR) is 105 cm³/mol. The highest BCUT2D eigenvalue weighted by Gasteiger charge is 2.08. The SMILES string of the molecule is COc1ccc(C(=O)Oc2ccc(N=Nc3ccc(Cl)c(Cl)c3)cc2)cc1. The van der Waals surface area contributed by atoms with Crippen molar-refractivity contribution < 1.29 is 14.3 Å². The Labute approximate surface area is 166 Å². The van der Waals surface area contributed by atoms with Crippen LogP contribution in [0.15, 0.2) is 77.0 Å². The number of methoxy groups -OCH3 is 1. The monoisotopic (exact) mass is 400 g/mol. The van der Waals surface area contributed by atoms with Gasteiger partial charge in [0, 0.05) is 0 Å². The van der Waals surface area contributed by atoms with E-state index in [9.17, 15) is 4.79 Å². The van der Waals surface area contributed by atoms with Gasteiger partial charge in [-0.25, -0.2) is 4.79 Å². The van der Waals surface area contributed by atoms with Gasteiger partial charge >= 0.3 is 5.97 Å². The number of hydrogen-bond acceptors (Lipinski definition) is 5. The molecule has 0 heterocycles. The summed E-state index contributed by atoms with van der Waals surface area (Å²) >= 11 is 11.8. The van der Waals surface area contributed by atoms with Crippen LogP contribution in [0.4, 0.5) is 11.4 Å². The molecule has 0 fully saturated rings. The molecule has 136 valence electrons. The lowest BCUT2D eigenvalue weighted by Crippen LogP contribution is -2.08. The van der Waals surface area contributed by atoms with Gasteiger partial charge in [-0.05, 0) is 66.7 Å². The van der Waals surface area contributed by atoms with Crippen molar-refractivity contribution in [2.45, 2.75) is 0 Å². The molecule has 3 aromatic rings. The molecule has 0 aliphatic heterocycles. The average Bonchev–Trinajstić information content (AvgIpc) is 2.70. The molecule has 0 saturated heterocycles. The maximum Gasteiger partial charge on any atom is 0.343 e. The predicted octanol–water partition coefficient (Wildman–Crippen LogP) is 6.64. The topological polar surface area (TPSA) is 60.2 Å². The highest BCUT2D eigenvalue weighted by Crippen LogP contribution is 2.28. The average molecular weight is 401 g/mol. The Morgan fingerprint density at radius 2 is 1.37 bits per heavy atom. The van der Waals surface area contributed by atoms with Gasteiger partial charge in [-0.1, -0.05) is 23.2 Å². The van der Waals surface area contributed by atoms with Crippen molar-refractivity contribution in [1.82, 2.24) is 0 Å². The zero-order valence-corrected chi connectivity index (χ0v) is 15.7. The van der Waals surface area contributed by atoms with Gasteiger partial charge in [0.1, 0.15) is 11.5 Å². The maximum absolute atomic E-state index is 12.1. The number of hydrogen-bond donors (Lipinski definition) is 0. The van der Waals surface area contributed by atoms with Crippen molar-refractivity contribution in [1.29, 1.82) is 0 Å². The lowest BCUT2D eigenvalue weighted by molar-refractivity contribution is 0.0734. The maximum atomic E-state index is 12.1. The van der Waals surface area contributed by atoms with E-state index in [0.717, 1.165) is 0 Å². The molecule has 5 nitrogen and oxygen atoms in total. The minimum atomic E-state index is -0.456. The van der Waals surface area contributed by atoms with Crippen molar-refractivity contribution in [2.75, 3.05) is 7.11 Å². The van der Waals surface area contributed by atoms with Gasteiger partial charge in [0.25, 0.3) is 0 Å². The van der Waals surface area contributed by atoms with Crippen LogP contribution in [0, 0.1) is 0 Å². The molecule has 3 rings (SSSR count). The summed E-state index contributed by atoms with van der Waals surface area (Å²) in [6.45, 7) is 0. The van der Waals surface area contributed by atoms with Gasteiger partial charge in [-0.2, -0.15) is 10.2 Å². The van der Waals surface area contributed by atoms with Crippen molar-refractivity contribution >= 4 is 40.5 Å². The first-order chi connectivity index (χ1) is 13.0. The number of nitrogens with zero attached hydrogens (tertiary/aromatic N) is 2. The van der Waals surface area contributed by atoms with E-state index in [-0.39, 0.29) is 0 Å². The number of rotatable bonds is 5. The van der Waals surface area contributed by atoms with E-state index < -0.39 is 5.97 Å². The molecule has 0 radical (unpaired) electrons. The number of ether oxygens (including phenoxy) is 2. The van der Waals surface area contributed by atoms with Crippen LogP contribution in [0.25, 0.3) is 0 Å². The lowest BCUT2D eigenvalue weighted by Gasteiger charge is -2.05. The summed E-state index contributed by atoms with van der Waals surface area (Å²) in [6, 6.07) is 18.3.